The topological polar surface area (TPSA) is 61.8 Å². The summed E-state index contributed by atoms with van der Waals surface area (Å²) in [6, 6.07) is 7.77. The van der Waals surface area contributed by atoms with Crippen LogP contribution >= 0.6 is 0 Å². The van der Waals surface area contributed by atoms with E-state index in [4.69, 9.17) is 4.74 Å². The lowest BCUT2D eigenvalue weighted by Gasteiger charge is -2.22. The number of anilines is 2. The number of amides is 1. The molecule has 7 nitrogen and oxygen atoms in total. The summed E-state index contributed by atoms with van der Waals surface area (Å²) >= 11 is 0. The molecule has 0 atom stereocenters. The number of hydrogen-bond donors (Lipinski definition) is 0. The summed E-state index contributed by atoms with van der Waals surface area (Å²) in [6.45, 7) is 2.82. The van der Waals surface area contributed by atoms with Gasteiger partial charge in [0, 0.05) is 60.0 Å². The van der Waals surface area contributed by atoms with Crippen molar-refractivity contribution in [2.24, 2.45) is 0 Å². The maximum Gasteiger partial charge on any atom is 0.239 e. The molecule has 0 spiro atoms. The van der Waals surface area contributed by atoms with Crippen molar-refractivity contribution in [1.82, 2.24) is 14.9 Å². The van der Waals surface area contributed by atoms with E-state index in [9.17, 15) is 4.79 Å². The van der Waals surface area contributed by atoms with Gasteiger partial charge < -0.3 is 19.4 Å². The molecule has 0 radical (unpaired) electrons. The molecule has 0 N–H and O–H groups in total. The Hall–Kier alpha value is -2.83. The number of carbonyl (C=O) groups is 1. The molecular formula is C18H25N5O2. The second-order valence-corrected chi connectivity index (χ2v) is 6.07. The zero-order valence-corrected chi connectivity index (χ0v) is 15.4. The van der Waals surface area contributed by atoms with Crippen molar-refractivity contribution in [3.63, 3.8) is 0 Å². The molecule has 0 saturated carbocycles. The van der Waals surface area contributed by atoms with E-state index in [-0.39, 0.29) is 5.91 Å². The molecule has 0 aliphatic carbocycles. The van der Waals surface area contributed by atoms with E-state index in [2.05, 4.69) is 9.97 Å². The molecule has 0 saturated heterocycles. The number of carbonyl (C=O) groups excluding carboxylic acids is 1. The van der Waals surface area contributed by atoms with Crippen molar-refractivity contribution in [3.8, 4) is 11.6 Å². The minimum absolute atomic E-state index is 0.0392. The second-order valence-electron chi connectivity index (χ2n) is 6.07. The smallest absolute Gasteiger partial charge is 0.239 e. The summed E-state index contributed by atoms with van der Waals surface area (Å²) in [5, 5.41) is 0. The highest BCUT2D eigenvalue weighted by molar-refractivity contribution is 5.72. The van der Waals surface area contributed by atoms with Crippen LogP contribution in [0.15, 0.2) is 36.7 Å². The van der Waals surface area contributed by atoms with Gasteiger partial charge in [0.25, 0.3) is 0 Å². The first kappa shape index (κ1) is 18.5. The van der Waals surface area contributed by atoms with E-state index in [0.717, 1.165) is 5.69 Å². The van der Waals surface area contributed by atoms with Crippen LogP contribution in [0.3, 0.4) is 0 Å². The molecule has 2 aromatic rings. The third-order valence-corrected chi connectivity index (χ3v) is 3.86. The van der Waals surface area contributed by atoms with Gasteiger partial charge in [0.2, 0.25) is 11.8 Å². The van der Waals surface area contributed by atoms with Crippen LogP contribution in [-0.2, 0) is 4.79 Å². The number of aromatic nitrogens is 2. The van der Waals surface area contributed by atoms with Gasteiger partial charge in [0.1, 0.15) is 5.75 Å². The predicted molar refractivity (Wildman–Crippen MR) is 99.5 cm³/mol. The lowest BCUT2D eigenvalue weighted by molar-refractivity contribution is -0.127. The third-order valence-electron chi connectivity index (χ3n) is 3.86. The first-order chi connectivity index (χ1) is 11.9. The van der Waals surface area contributed by atoms with Crippen molar-refractivity contribution in [2.45, 2.75) is 6.92 Å². The van der Waals surface area contributed by atoms with Gasteiger partial charge in [0.05, 0.1) is 12.4 Å². The monoisotopic (exact) mass is 343 g/mol. The van der Waals surface area contributed by atoms with E-state index >= 15 is 0 Å². The molecule has 7 heteroatoms. The van der Waals surface area contributed by atoms with Gasteiger partial charge in [-0.25, -0.2) is 0 Å². The van der Waals surface area contributed by atoms with Crippen LogP contribution in [0.1, 0.15) is 6.92 Å². The maximum atomic E-state index is 11.3. The molecule has 0 fully saturated rings. The largest absolute Gasteiger partial charge is 0.437 e. The Morgan fingerprint density at radius 1 is 1.12 bits per heavy atom. The van der Waals surface area contributed by atoms with Crippen LogP contribution in [0.2, 0.25) is 0 Å². The molecule has 134 valence electrons. The van der Waals surface area contributed by atoms with Crippen molar-refractivity contribution >= 4 is 17.4 Å². The highest BCUT2D eigenvalue weighted by atomic mass is 16.5. The number of benzene rings is 1. The molecule has 1 aromatic carbocycles. The number of ether oxygens (including phenoxy) is 1. The first-order valence-corrected chi connectivity index (χ1v) is 8.07. The fourth-order valence-corrected chi connectivity index (χ4v) is 2.09. The lowest BCUT2D eigenvalue weighted by atomic mass is 10.3. The average molecular weight is 343 g/mol. The van der Waals surface area contributed by atoms with Crippen molar-refractivity contribution in [1.29, 1.82) is 0 Å². The van der Waals surface area contributed by atoms with Crippen LogP contribution in [0.25, 0.3) is 0 Å². The Kier molecular flexibility index (Phi) is 6.16. The van der Waals surface area contributed by atoms with Gasteiger partial charge in [-0.05, 0) is 12.1 Å². The van der Waals surface area contributed by atoms with E-state index < -0.39 is 0 Å². The van der Waals surface area contributed by atoms with Crippen molar-refractivity contribution < 1.29 is 9.53 Å². The summed E-state index contributed by atoms with van der Waals surface area (Å²) < 4.78 is 5.83. The average Bonchev–Trinajstić information content (AvgIpc) is 2.59. The van der Waals surface area contributed by atoms with E-state index in [1.54, 1.807) is 31.3 Å². The SMILES string of the molecule is CC(=O)N(C)CCN(C)c1cncc(Oc2cccc(N(C)C)c2)n1. The van der Waals surface area contributed by atoms with E-state index in [1.807, 2.05) is 55.2 Å². The van der Waals surface area contributed by atoms with Crippen LogP contribution in [-0.4, -0.2) is 62.1 Å². The highest BCUT2D eigenvalue weighted by Crippen LogP contribution is 2.24. The van der Waals surface area contributed by atoms with Crippen LogP contribution in [0.4, 0.5) is 11.5 Å². The Morgan fingerprint density at radius 2 is 1.88 bits per heavy atom. The number of nitrogens with zero attached hydrogens (tertiary/aromatic N) is 5. The molecule has 0 unspecified atom stereocenters. The van der Waals surface area contributed by atoms with Gasteiger partial charge in [-0.15, -0.1) is 0 Å². The number of rotatable bonds is 7. The van der Waals surface area contributed by atoms with E-state index in [1.165, 1.54) is 0 Å². The summed E-state index contributed by atoms with van der Waals surface area (Å²) in [7, 11) is 7.65. The van der Waals surface area contributed by atoms with Crippen LogP contribution < -0.4 is 14.5 Å². The standard InChI is InChI=1S/C18H25N5O2/c1-14(24)22(4)9-10-23(5)17-12-19-13-18(20-17)25-16-8-6-7-15(11-16)21(2)3/h6-8,11-13H,9-10H2,1-5H3. The molecule has 2 rings (SSSR count). The number of likely N-dealkylation sites (N-methyl/N-ethyl adjacent to an activating group) is 2. The summed E-state index contributed by atoms with van der Waals surface area (Å²) in [4.78, 5) is 25.6. The minimum atomic E-state index is 0.0392. The fourth-order valence-electron chi connectivity index (χ4n) is 2.09. The Bertz CT molecular complexity index is 720. The molecule has 1 aromatic heterocycles. The zero-order chi connectivity index (χ0) is 18.4. The summed E-state index contributed by atoms with van der Waals surface area (Å²) in [6.07, 6.45) is 3.26. The maximum absolute atomic E-state index is 11.3. The van der Waals surface area contributed by atoms with Crippen LogP contribution in [0, 0.1) is 0 Å². The summed E-state index contributed by atoms with van der Waals surface area (Å²) in [5.74, 6) is 1.87. The normalized spacial score (nSPS) is 10.3. The molecule has 25 heavy (non-hydrogen) atoms. The van der Waals surface area contributed by atoms with Gasteiger partial charge >= 0.3 is 0 Å². The molecule has 1 heterocycles. The van der Waals surface area contributed by atoms with E-state index in [0.29, 0.717) is 30.5 Å². The minimum Gasteiger partial charge on any atom is -0.437 e. The van der Waals surface area contributed by atoms with Crippen LogP contribution in [0.5, 0.6) is 11.6 Å². The molecule has 0 aliphatic rings. The van der Waals surface area contributed by atoms with Gasteiger partial charge in [-0.3, -0.25) is 9.78 Å². The van der Waals surface area contributed by atoms with Gasteiger partial charge in [-0.1, -0.05) is 6.07 Å². The molecule has 1 amide bonds. The molecular weight excluding hydrogens is 318 g/mol. The van der Waals surface area contributed by atoms with Gasteiger partial charge in [0.15, 0.2) is 5.82 Å². The Balaban J connectivity index is 2.05. The fraction of sp³-hybridized carbons (Fsp3) is 0.389. The quantitative estimate of drug-likeness (QED) is 0.768. The first-order valence-electron chi connectivity index (χ1n) is 8.07. The highest BCUT2D eigenvalue weighted by Gasteiger charge is 2.09. The van der Waals surface area contributed by atoms with Crippen molar-refractivity contribution in [3.05, 3.63) is 36.7 Å². The number of hydrogen-bond acceptors (Lipinski definition) is 6. The Morgan fingerprint density at radius 3 is 2.56 bits per heavy atom. The third kappa shape index (κ3) is 5.34. The van der Waals surface area contributed by atoms with Gasteiger partial charge in [-0.2, -0.15) is 4.98 Å². The molecule has 0 aliphatic heterocycles. The predicted octanol–water partition coefficient (Wildman–Crippen LogP) is 2.25. The molecule has 0 bridgehead atoms. The zero-order valence-electron chi connectivity index (χ0n) is 15.4. The Labute approximate surface area is 148 Å². The second kappa shape index (κ2) is 8.32. The van der Waals surface area contributed by atoms with Crippen molar-refractivity contribution in [2.75, 3.05) is 51.1 Å². The summed E-state index contributed by atoms with van der Waals surface area (Å²) in [5.41, 5.74) is 1.05. The lowest BCUT2D eigenvalue weighted by Crippen LogP contribution is -2.33.